The van der Waals surface area contributed by atoms with E-state index in [1.165, 1.54) is 44.3 Å². The van der Waals surface area contributed by atoms with Crippen molar-refractivity contribution in [3.05, 3.63) is 23.2 Å². The van der Waals surface area contributed by atoms with Crippen LogP contribution in [0.1, 0.15) is 56.6 Å². The Bertz CT molecular complexity index is 444. The maximum atomic E-state index is 6.10. The predicted molar refractivity (Wildman–Crippen MR) is 86.1 cm³/mol. The number of hydrogen-bond donors (Lipinski definition) is 1. The molecule has 0 bridgehead atoms. The van der Waals surface area contributed by atoms with E-state index in [9.17, 15) is 0 Å². The fourth-order valence-corrected chi connectivity index (χ4v) is 2.90. The lowest BCUT2D eigenvalue weighted by Gasteiger charge is -2.20. The van der Waals surface area contributed by atoms with Gasteiger partial charge in [0.1, 0.15) is 11.5 Å². The van der Waals surface area contributed by atoms with Crippen molar-refractivity contribution in [2.75, 3.05) is 13.1 Å². The van der Waals surface area contributed by atoms with Crippen molar-refractivity contribution in [1.82, 2.24) is 10.2 Å². The summed E-state index contributed by atoms with van der Waals surface area (Å²) < 4.78 is 6.10. The largest absolute Gasteiger partial charge is 0.463 e. The van der Waals surface area contributed by atoms with E-state index in [2.05, 4.69) is 37.1 Å². The van der Waals surface area contributed by atoms with Gasteiger partial charge in [-0.2, -0.15) is 0 Å². The first-order valence-corrected chi connectivity index (χ1v) is 8.64. The molecule has 0 unspecified atom stereocenters. The molecule has 2 fully saturated rings. The van der Waals surface area contributed by atoms with Crippen LogP contribution in [0.3, 0.4) is 0 Å². The molecular weight excluding hydrogens is 260 g/mol. The first-order chi connectivity index (χ1) is 10.1. The molecule has 3 nitrogen and oxygen atoms in total. The molecule has 2 aliphatic carbocycles. The van der Waals surface area contributed by atoms with Crippen LogP contribution in [0.2, 0.25) is 0 Å². The van der Waals surface area contributed by atoms with Gasteiger partial charge >= 0.3 is 0 Å². The van der Waals surface area contributed by atoms with Gasteiger partial charge in [-0.3, -0.25) is 4.90 Å². The van der Waals surface area contributed by atoms with Crippen LogP contribution in [-0.4, -0.2) is 24.0 Å². The predicted octanol–water partition coefficient (Wildman–Crippen LogP) is 3.71. The van der Waals surface area contributed by atoms with E-state index < -0.39 is 0 Å². The molecule has 2 aliphatic rings. The molecule has 2 saturated carbocycles. The van der Waals surface area contributed by atoms with E-state index >= 15 is 0 Å². The third-order valence-corrected chi connectivity index (χ3v) is 4.55. The van der Waals surface area contributed by atoms with Crippen molar-refractivity contribution in [1.29, 1.82) is 0 Å². The van der Waals surface area contributed by atoms with Gasteiger partial charge in [-0.05, 0) is 56.1 Å². The highest BCUT2D eigenvalue weighted by Gasteiger charge is 2.29. The fourth-order valence-electron chi connectivity index (χ4n) is 2.90. The van der Waals surface area contributed by atoms with Crippen molar-refractivity contribution in [3.8, 4) is 0 Å². The lowest BCUT2D eigenvalue weighted by molar-refractivity contribution is 0.223. The molecule has 1 heterocycles. The molecule has 1 aromatic rings. The van der Waals surface area contributed by atoms with Gasteiger partial charge in [0.15, 0.2) is 0 Å². The maximum absolute atomic E-state index is 6.10. The van der Waals surface area contributed by atoms with Crippen LogP contribution in [0.5, 0.6) is 0 Å². The summed E-state index contributed by atoms with van der Waals surface area (Å²) >= 11 is 0. The Morgan fingerprint density at radius 2 is 1.81 bits per heavy atom. The van der Waals surface area contributed by atoms with Gasteiger partial charge < -0.3 is 9.73 Å². The van der Waals surface area contributed by atoms with Crippen molar-refractivity contribution >= 4 is 0 Å². The van der Waals surface area contributed by atoms with Gasteiger partial charge in [0.2, 0.25) is 0 Å². The minimum Gasteiger partial charge on any atom is -0.463 e. The average Bonchev–Trinajstić information content (AvgIpc) is 3.31. The van der Waals surface area contributed by atoms with Gasteiger partial charge in [0, 0.05) is 19.1 Å². The Balaban J connectivity index is 1.57. The van der Waals surface area contributed by atoms with Crippen LogP contribution < -0.4 is 5.32 Å². The van der Waals surface area contributed by atoms with E-state index in [0.717, 1.165) is 36.4 Å². The van der Waals surface area contributed by atoms with Crippen LogP contribution in [0.4, 0.5) is 0 Å². The molecule has 118 valence electrons. The van der Waals surface area contributed by atoms with Crippen LogP contribution >= 0.6 is 0 Å². The SMILES string of the molecule is Cc1cc(CN(CC2CC2)CC2CC2)oc1CNC(C)C. The fraction of sp³-hybridized carbons (Fsp3) is 0.778. The quantitative estimate of drug-likeness (QED) is 0.751. The molecule has 1 N–H and O–H groups in total. The van der Waals surface area contributed by atoms with Crippen molar-refractivity contribution in [3.63, 3.8) is 0 Å². The number of furan rings is 1. The third kappa shape index (κ3) is 4.86. The number of rotatable bonds is 9. The van der Waals surface area contributed by atoms with Gasteiger partial charge in [0.05, 0.1) is 13.1 Å². The van der Waals surface area contributed by atoms with Crippen molar-refractivity contribution in [2.45, 2.75) is 65.6 Å². The van der Waals surface area contributed by atoms with E-state index in [4.69, 9.17) is 4.42 Å². The highest BCUT2D eigenvalue weighted by atomic mass is 16.3. The van der Waals surface area contributed by atoms with Crippen LogP contribution in [0.25, 0.3) is 0 Å². The summed E-state index contributed by atoms with van der Waals surface area (Å²) in [6.45, 7) is 10.9. The average molecular weight is 290 g/mol. The van der Waals surface area contributed by atoms with E-state index in [-0.39, 0.29) is 0 Å². The number of nitrogens with one attached hydrogen (secondary N) is 1. The molecule has 3 heteroatoms. The second-order valence-corrected chi connectivity index (χ2v) is 7.44. The molecule has 0 aliphatic heterocycles. The molecule has 21 heavy (non-hydrogen) atoms. The first kappa shape index (κ1) is 15.1. The number of hydrogen-bond acceptors (Lipinski definition) is 3. The van der Waals surface area contributed by atoms with Crippen molar-refractivity contribution < 1.29 is 4.42 Å². The second-order valence-electron chi connectivity index (χ2n) is 7.44. The molecule has 0 spiro atoms. The van der Waals surface area contributed by atoms with E-state index in [1.807, 2.05) is 0 Å². The highest BCUT2D eigenvalue weighted by molar-refractivity contribution is 5.20. The zero-order valence-corrected chi connectivity index (χ0v) is 13.8. The molecule has 0 saturated heterocycles. The Kier molecular flexibility index (Phi) is 4.70. The zero-order chi connectivity index (χ0) is 14.8. The number of aryl methyl sites for hydroxylation is 1. The van der Waals surface area contributed by atoms with Gasteiger partial charge in [-0.1, -0.05) is 13.8 Å². The summed E-state index contributed by atoms with van der Waals surface area (Å²) in [7, 11) is 0. The Morgan fingerprint density at radius 3 is 2.33 bits per heavy atom. The Hall–Kier alpha value is -0.800. The molecule has 0 atom stereocenters. The summed E-state index contributed by atoms with van der Waals surface area (Å²) in [5.41, 5.74) is 1.29. The van der Waals surface area contributed by atoms with Gasteiger partial charge in [-0.15, -0.1) is 0 Å². The minimum atomic E-state index is 0.499. The Labute approximate surface area is 129 Å². The Morgan fingerprint density at radius 1 is 1.19 bits per heavy atom. The normalized spacial score (nSPS) is 18.9. The van der Waals surface area contributed by atoms with E-state index in [0.29, 0.717) is 6.04 Å². The summed E-state index contributed by atoms with van der Waals surface area (Å²) in [6.07, 6.45) is 5.73. The van der Waals surface area contributed by atoms with Crippen molar-refractivity contribution in [2.24, 2.45) is 11.8 Å². The molecule has 1 aromatic heterocycles. The second kappa shape index (κ2) is 6.53. The van der Waals surface area contributed by atoms with Gasteiger partial charge in [0.25, 0.3) is 0 Å². The molecule has 0 aromatic carbocycles. The molecule has 0 radical (unpaired) electrons. The first-order valence-electron chi connectivity index (χ1n) is 8.64. The van der Waals surface area contributed by atoms with Crippen LogP contribution in [-0.2, 0) is 13.1 Å². The minimum absolute atomic E-state index is 0.499. The standard InChI is InChI=1S/C18H30N2O/c1-13(2)19-9-18-14(3)8-17(21-18)12-20(10-15-4-5-15)11-16-6-7-16/h8,13,15-16,19H,4-7,9-12H2,1-3H3. The monoisotopic (exact) mass is 290 g/mol. The molecule has 3 rings (SSSR count). The van der Waals surface area contributed by atoms with E-state index in [1.54, 1.807) is 0 Å². The smallest absolute Gasteiger partial charge is 0.120 e. The van der Waals surface area contributed by atoms with Gasteiger partial charge in [-0.25, -0.2) is 0 Å². The topological polar surface area (TPSA) is 28.4 Å². The number of nitrogens with zero attached hydrogens (tertiary/aromatic N) is 1. The lowest BCUT2D eigenvalue weighted by atomic mass is 10.2. The maximum Gasteiger partial charge on any atom is 0.120 e. The summed E-state index contributed by atoms with van der Waals surface area (Å²) in [5, 5.41) is 3.45. The summed E-state index contributed by atoms with van der Waals surface area (Å²) in [6, 6.07) is 2.74. The summed E-state index contributed by atoms with van der Waals surface area (Å²) in [4.78, 5) is 2.63. The molecular formula is C18H30N2O. The summed E-state index contributed by atoms with van der Waals surface area (Å²) in [5.74, 6) is 4.18. The molecule has 0 amide bonds. The third-order valence-electron chi connectivity index (χ3n) is 4.55. The highest BCUT2D eigenvalue weighted by Crippen LogP contribution is 2.34. The van der Waals surface area contributed by atoms with Crippen LogP contribution in [0.15, 0.2) is 10.5 Å². The zero-order valence-electron chi connectivity index (χ0n) is 13.8. The lowest BCUT2D eigenvalue weighted by Crippen LogP contribution is -2.27. The van der Waals surface area contributed by atoms with Crippen LogP contribution in [0, 0.1) is 18.8 Å².